The summed E-state index contributed by atoms with van der Waals surface area (Å²) in [5.74, 6) is 0. The Bertz CT molecular complexity index is 809. The maximum atomic E-state index is 12.4. The van der Waals surface area contributed by atoms with Crippen LogP contribution >= 0.6 is 27.5 Å². The second-order valence-corrected chi connectivity index (χ2v) is 7.44. The van der Waals surface area contributed by atoms with Gasteiger partial charge in [-0.2, -0.15) is 0 Å². The number of sulfonamides is 1. The first-order chi connectivity index (χ1) is 9.70. The highest BCUT2D eigenvalue weighted by molar-refractivity contribution is 9.10. The molecule has 2 aromatic rings. The van der Waals surface area contributed by atoms with Crippen LogP contribution in [0.25, 0.3) is 0 Å². The summed E-state index contributed by atoms with van der Waals surface area (Å²) in [6.45, 7) is 3.70. The van der Waals surface area contributed by atoms with Gasteiger partial charge >= 0.3 is 0 Å². The summed E-state index contributed by atoms with van der Waals surface area (Å²) < 4.78 is 27.8. The summed E-state index contributed by atoms with van der Waals surface area (Å²) in [6.07, 6.45) is 1.34. The Hall–Kier alpha value is -1.31. The van der Waals surface area contributed by atoms with Gasteiger partial charge in [0.25, 0.3) is 10.0 Å². The van der Waals surface area contributed by atoms with E-state index < -0.39 is 10.0 Å². The standard InChI is InChI=1S/C13H13BrClN3O2S/c1-7-3-11(16)12(4-8(7)2)21(19,20)18-9-5-10(14)13(15)17-6-9/h3-6,18H,16H2,1-2H3. The number of rotatable bonds is 3. The Labute approximate surface area is 136 Å². The van der Waals surface area contributed by atoms with Crippen LogP contribution in [-0.2, 0) is 10.0 Å². The number of aryl methyl sites for hydroxylation is 2. The summed E-state index contributed by atoms with van der Waals surface area (Å²) in [5.41, 5.74) is 8.09. The van der Waals surface area contributed by atoms with Crippen LogP contribution in [0, 0.1) is 13.8 Å². The molecule has 0 atom stereocenters. The molecule has 0 bridgehead atoms. The Morgan fingerprint density at radius 1 is 1.24 bits per heavy atom. The first-order valence-corrected chi connectivity index (χ1v) is 8.56. The van der Waals surface area contributed by atoms with Crippen molar-refractivity contribution in [3.05, 3.63) is 45.1 Å². The van der Waals surface area contributed by atoms with Gasteiger partial charge in [0.15, 0.2) is 0 Å². The number of aromatic nitrogens is 1. The molecule has 0 amide bonds. The fourth-order valence-electron chi connectivity index (χ4n) is 1.73. The van der Waals surface area contributed by atoms with Gasteiger partial charge in [-0.3, -0.25) is 4.72 Å². The topological polar surface area (TPSA) is 85.1 Å². The van der Waals surface area contributed by atoms with Crippen molar-refractivity contribution in [2.75, 3.05) is 10.5 Å². The lowest BCUT2D eigenvalue weighted by Gasteiger charge is -2.12. The predicted octanol–water partition coefficient (Wildman–Crippen LogP) is 3.50. The van der Waals surface area contributed by atoms with Crippen LogP contribution in [0.3, 0.4) is 0 Å². The second-order valence-electron chi connectivity index (χ2n) is 4.58. The number of nitrogen functional groups attached to an aromatic ring is 1. The molecule has 8 heteroatoms. The first-order valence-electron chi connectivity index (χ1n) is 5.91. The van der Waals surface area contributed by atoms with Crippen LogP contribution in [0.4, 0.5) is 11.4 Å². The molecule has 3 N–H and O–H groups in total. The molecule has 0 saturated heterocycles. The third kappa shape index (κ3) is 3.48. The Balaban J connectivity index is 2.43. The number of anilines is 2. The highest BCUT2D eigenvalue weighted by Gasteiger charge is 2.19. The zero-order chi connectivity index (χ0) is 15.8. The van der Waals surface area contributed by atoms with E-state index in [0.29, 0.717) is 10.2 Å². The molecular weight excluding hydrogens is 378 g/mol. The van der Waals surface area contributed by atoms with Crippen molar-refractivity contribution in [3.8, 4) is 0 Å². The Morgan fingerprint density at radius 3 is 2.48 bits per heavy atom. The number of hydrogen-bond donors (Lipinski definition) is 2. The van der Waals surface area contributed by atoms with Crippen molar-refractivity contribution in [2.24, 2.45) is 0 Å². The molecule has 1 aromatic heterocycles. The number of benzene rings is 1. The maximum absolute atomic E-state index is 12.4. The van der Waals surface area contributed by atoms with E-state index in [1.165, 1.54) is 12.3 Å². The van der Waals surface area contributed by atoms with Gasteiger partial charge < -0.3 is 5.73 Å². The van der Waals surface area contributed by atoms with Gasteiger partial charge in [-0.25, -0.2) is 13.4 Å². The van der Waals surface area contributed by atoms with Crippen molar-refractivity contribution in [3.63, 3.8) is 0 Å². The third-order valence-corrected chi connectivity index (χ3v) is 5.54. The molecule has 0 saturated carbocycles. The van der Waals surface area contributed by atoms with E-state index in [2.05, 4.69) is 25.6 Å². The van der Waals surface area contributed by atoms with Crippen LogP contribution in [0.5, 0.6) is 0 Å². The maximum Gasteiger partial charge on any atom is 0.264 e. The van der Waals surface area contributed by atoms with Crippen molar-refractivity contribution in [1.29, 1.82) is 0 Å². The molecular formula is C13H13BrClN3O2S. The molecule has 112 valence electrons. The lowest BCUT2D eigenvalue weighted by molar-refractivity contribution is 0.601. The number of nitrogens with zero attached hydrogens (tertiary/aromatic N) is 1. The van der Waals surface area contributed by atoms with Gasteiger partial charge in [-0.15, -0.1) is 0 Å². The van der Waals surface area contributed by atoms with Gasteiger partial charge in [-0.1, -0.05) is 11.6 Å². The normalized spacial score (nSPS) is 11.4. The van der Waals surface area contributed by atoms with E-state index in [1.807, 2.05) is 13.8 Å². The molecule has 0 spiro atoms. The third-order valence-electron chi connectivity index (χ3n) is 2.96. The summed E-state index contributed by atoms with van der Waals surface area (Å²) in [6, 6.07) is 4.72. The van der Waals surface area contributed by atoms with Gasteiger partial charge in [0.2, 0.25) is 0 Å². The van der Waals surface area contributed by atoms with Gasteiger partial charge in [0.1, 0.15) is 10.0 Å². The predicted molar refractivity (Wildman–Crippen MR) is 88.1 cm³/mol. The van der Waals surface area contributed by atoms with Crippen LogP contribution in [0.1, 0.15) is 11.1 Å². The van der Waals surface area contributed by atoms with E-state index in [9.17, 15) is 8.42 Å². The molecule has 2 rings (SSSR count). The molecule has 0 unspecified atom stereocenters. The molecule has 5 nitrogen and oxygen atoms in total. The van der Waals surface area contributed by atoms with Crippen LogP contribution in [0.15, 0.2) is 33.8 Å². The molecule has 21 heavy (non-hydrogen) atoms. The number of halogens is 2. The lowest BCUT2D eigenvalue weighted by Crippen LogP contribution is -2.15. The summed E-state index contributed by atoms with van der Waals surface area (Å²) in [4.78, 5) is 3.91. The molecule has 0 radical (unpaired) electrons. The summed E-state index contributed by atoms with van der Waals surface area (Å²) in [5, 5.41) is 0.253. The number of nitrogens with one attached hydrogen (secondary N) is 1. The van der Waals surface area contributed by atoms with E-state index in [0.717, 1.165) is 11.1 Å². The Morgan fingerprint density at radius 2 is 1.86 bits per heavy atom. The van der Waals surface area contributed by atoms with Crippen molar-refractivity contribution < 1.29 is 8.42 Å². The largest absolute Gasteiger partial charge is 0.398 e. The number of hydrogen-bond acceptors (Lipinski definition) is 4. The zero-order valence-electron chi connectivity index (χ0n) is 11.3. The monoisotopic (exact) mass is 389 g/mol. The van der Waals surface area contributed by atoms with Crippen LogP contribution < -0.4 is 10.5 Å². The van der Waals surface area contributed by atoms with Crippen LogP contribution in [0.2, 0.25) is 5.15 Å². The van der Waals surface area contributed by atoms with Gasteiger partial charge in [0, 0.05) is 0 Å². The van der Waals surface area contributed by atoms with E-state index >= 15 is 0 Å². The second kappa shape index (κ2) is 5.82. The van der Waals surface area contributed by atoms with Gasteiger partial charge in [0.05, 0.1) is 22.0 Å². The quantitative estimate of drug-likeness (QED) is 0.620. The van der Waals surface area contributed by atoms with Gasteiger partial charge in [-0.05, 0) is 59.1 Å². The summed E-state index contributed by atoms with van der Waals surface area (Å²) >= 11 is 8.97. The SMILES string of the molecule is Cc1cc(N)c(S(=O)(=O)Nc2cnc(Cl)c(Br)c2)cc1C. The molecule has 1 aromatic carbocycles. The average Bonchev–Trinajstić information content (AvgIpc) is 2.37. The minimum Gasteiger partial charge on any atom is -0.398 e. The fraction of sp³-hybridized carbons (Fsp3) is 0.154. The fourth-order valence-corrected chi connectivity index (χ4v) is 3.42. The summed E-state index contributed by atoms with van der Waals surface area (Å²) in [7, 11) is -3.79. The number of nitrogens with two attached hydrogens (primary N) is 1. The minimum absolute atomic E-state index is 0.0386. The van der Waals surface area contributed by atoms with Crippen LogP contribution in [-0.4, -0.2) is 13.4 Å². The van der Waals surface area contributed by atoms with E-state index in [-0.39, 0.29) is 15.7 Å². The highest BCUT2D eigenvalue weighted by Crippen LogP contribution is 2.27. The lowest BCUT2D eigenvalue weighted by atomic mass is 10.1. The molecule has 0 aliphatic heterocycles. The molecule has 0 aliphatic carbocycles. The average molecular weight is 391 g/mol. The first kappa shape index (κ1) is 16.1. The van der Waals surface area contributed by atoms with E-state index in [4.69, 9.17) is 17.3 Å². The number of pyridine rings is 1. The Kier molecular flexibility index (Phi) is 4.46. The smallest absolute Gasteiger partial charge is 0.264 e. The highest BCUT2D eigenvalue weighted by atomic mass is 79.9. The molecule has 0 aliphatic rings. The molecule has 0 fully saturated rings. The van der Waals surface area contributed by atoms with Crippen molar-refractivity contribution in [2.45, 2.75) is 18.7 Å². The minimum atomic E-state index is -3.79. The van der Waals surface area contributed by atoms with Crippen molar-refractivity contribution >= 4 is 48.9 Å². The van der Waals surface area contributed by atoms with E-state index in [1.54, 1.807) is 12.1 Å². The van der Waals surface area contributed by atoms with Crippen molar-refractivity contribution in [1.82, 2.24) is 4.98 Å². The molecule has 1 heterocycles. The zero-order valence-corrected chi connectivity index (χ0v) is 14.5.